The van der Waals surface area contributed by atoms with Crippen molar-refractivity contribution in [3.63, 3.8) is 0 Å². The molecule has 3 amide bonds. The molecule has 0 saturated carbocycles. The summed E-state index contributed by atoms with van der Waals surface area (Å²) in [5.41, 5.74) is 5.57. The first-order valence-electron chi connectivity index (χ1n) is 14.6. The zero-order valence-electron chi connectivity index (χ0n) is 24.8. The molecule has 4 aromatic rings. The molecular formula is C33H30Cl2N6O5. The Kier molecular flexibility index (Phi) is 9.07. The van der Waals surface area contributed by atoms with E-state index in [1.54, 1.807) is 18.3 Å². The van der Waals surface area contributed by atoms with Gasteiger partial charge in [-0.15, -0.1) is 0 Å². The number of anilines is 1. The van der Waals surface area contributed by atoms with Crippen molar-refractivity contribution in [2.24, 2.45) is 0 Å². The molecule has 236 valence electrons. The standard InChI is InChI=1S/C33H30Cl2N6O5/c1-46-32-18(16-41(33(44)45)17-21-9-11-27(42)38-21)8-10-26(39-32)25-7-3-6-24(30(25)35)23-5-2-4-22(29(23)34)19-12-20-13-36-15-28(43)40-31(20)37-14-19/h2-8,10,12,14,21,36H,9,11,13,15-17H2,1H3,(H,38,42)(H,44,45)(H,37,40,43). The van der Waals surface area contributed by atoms with Gasteiger partial charge in [-0.1, -0.05) is 59.6 Å². The third-order valence-corrected chi connectivity index (χ3v) is 8.80. The van der Waals surface area contributed by atoms with Gasteiger partial charge in [0.2, 0.25) is 17.7 Å². The highest BCUT2D eigenvalue weighted by Gasteiger charge is 2.26. The van der Waals surface area contributed by atoms with Gasteiger partial charge in [-0.05, 0) is 24.6 Å². The van der Waals surface area contributed by atoms with E-state index in [4.69, 9.17) is 27.9 Å². The molecule has 0 aliphatic carbocycles. The van der Waals surface area contributed by atoms with Crippen LogP contribution in [0.15, 0.2) is 60.8 Å². The van der Waals surface area contributed by atoms with Gasteiger partial charge in [0.15, 0.2) is 0 Å². The number of pyridine rings is 2. The molecule has 4 heterocycles. The molecule has 2 aromatic heterocycles. The second-order valence-electron chi connectivity index (χ2n) is 11.0. The molecule has 0 bridgehead atoms. The first kappa shape index (κ1) is 31.3. The maximum Gasteiger partial charge on any atom is 0.407 e. The van der Waals surface area contributed by atoms with Gasteiger partial charge in [-0.2, -0.15) is 0 Å². The van der Waals surface area contributed by atoms with Crippen molar-refractivity contribution in [3.05, 3.63) is 82.0 Å². The van der Waals surface area contributed by atoms with Crippen LogP contribution in [0.5, 0.6) is 5.88 Å². The minimum atomic E-state index is -1.10. The van der Waals surface area contributed by atoms with E-state index >= 15 is 0 Å². The molecule has 1 unspecified atom stereocenters. The van der Waals surface area contributed by atoms with Crippen molar-refractivity contribution in [3.8, 4) is 39.4 Å². The van der Waals surface area contributed by atoms with Crippen molar-refractivity contribution in [1.29, 1.82) is 0 Å². The fourth-order valence-electron chi connectivity index (χ4n) is 5.71. The van der Waals surface area contributed by atoms with Crippen LogP contribution in [-0.2, 0) is 22.7 Å². The van der Waals surface area contributed by atoms with Gasteiger partial charge in [-0.3, -0.25) is 9.59 Å². The zero-order chi connectivity index (χ0) is 32.4. The van der Waals surface area contributed by atoms with Crippen molar-refractivity contribution in [2.75, 3.05) is 25.5 Å². The lowest BCUT2D eigenvalue weighted by molar-refractivity contribution is -0.119. The summed E-state index contributed by atoms with van der Waals surface area (Å²) in [5, 5.41) is 19.4. The van der Waals surface area contributed by atoms with Crippen LogP contribution in [0, 0.1) is 0 Å². The second kappa shape index (κ2) is 13.3. The highest BCUT2D eigenvalue weighted by molar-refractivity contribution is 6.39. The number of carboxylic acid groups (broad SMARTS) is 1. The number of benzene rings is 2. The quantitative estimate of drug-likeness (QED) is 0.191. The molecule has 6 rings (SSSR count). The van der Waals surface area contributed by atoms with E-state index in [-0.39, 0.29) is 43.4 Å². The summed E-state index contributed by atoms with van der Waals surface area (Å²) in [6.45, 7) is 0.897. The van der Waals surface area contributed by atoms with Crippen LogP contribution >= 0.6 is 23.2 Å². The summed E-state index contributed by atoms with van der Waals surface area (Å²) in [5.74, 6) is 0.565. The fraction of sp³-hybridized carbons (Fsp3) is 0.242. The summed E-state index contributed by atoms with van der Waals surface area (Å²) in [7, 11) is 1.47. The molecule has 2 aliphatic heterocycles. The van der Waals surface area contributed by atoms with Crippen LogP contribution in [0.2, 0.25) is 10.0 Å². The molecule has 1 atom stereocenters. The monoisotopic (exact) mass is 660 g/mol. The molecule has 1 saturated heterocycles. The number of rotatable bonds is 8. The van der Waals surface area contributed by atoms with Crippen molar-refractivity contribution < 1.29 is 24.2 Å². The predicted octanol–water partition coefficient (Wildman–Crippen LogP) is 5.59. The normalized spacial score (nSPS) is 15.8. The Morgan fingerprint density at radius 3 is 2.41 bits per heavy atom. The van der Waals surface area contributed by atoms with Crippen LogP contribution in [0.25, 0.3) is 33.5 Å². The van der Waals surface area contributed by atoms with Gasteiger partial charge in [-0.25, -0.2) is 14.8 Å². The average Bonchev–Trinajstić information content (AvgIpc) is 3.36. The topological polar surface area (TPSA) is 146 Å². The molecule has 0 spiro atoms. The van der Waals surface area contributed by atoms with Crippen LogP contribution in [0.3, 0.4) is 0 Å². The number of nitrogens with one attached hydrogen (secondary N) is 3. The van der Waals surface area contributed by atoms with E-state index in [0.29, 0.717) is 63.2 Å². The zero-order valence-corrected chi connectivity index (χ0v) is 26.3. The third-order valence-electron chi connectivity index (χ3n) is 7.99. The van der Waals surface area contributed by atoms with Gasteiger partial charge in [0, 0.05) is 70.7 Å². The first-order valence-corrected chi connectivity index (χ1v) is 15.4. The van der Waals surface area contributed by atoms with Crippen LogP contribution in [0.4, 0.5) is 10.6 Å². The SMILES string of the molecule is COc1nc(-c2cccc(-c3cccc(-c4cnc5c(c4)CNCC(=O)N5)c3Cl)c2Cl)ccc1CN(CC1CCC(=O)N1)C(=O)O. The maximum atomic E-state index is 12.0. The molecule has 2 aliphatic rings. The van der Waals surface area contributed by atoms with E-state index in [1.165, 1.54) is 12.0 Å². The summed E-state index contributed by atoms with van der Waals surface area (Å²) in [4.78, 5) is 45.9. The van der Waals surface area contributed by atoms with E-state index in [2.05, 4.69) is 25.9 Å². The number of carbonyl (C=O) groups excluding carboxylic acids is 2. The maximum absolute atomic E-state index is 12.0. The second-order valence-corrected chi connectivity index (χ2v) is 11.8. The third kappa shape index (κ3) is 6.48. The molecule has 4 N–H and O–H groups in total. The lowest BCUT2D eigenvalue weighted by Crippen LogP contribution is -2.41. The summed E-state index contributed by atoms with van der Waals surface area (Å²) < 4.78 is 5.57. The smallest absolute Gasteiger partial charge is 0.407 e. The summed E-state index contributed by atoms with van der Waals surface area (Å²) in [6, 6.07) is 16.5. The predicted molar refractivity (Wildman–Crippen MR) is 175 cm³/mol. The fourth-order valence-corrected chi connectivity index (χ4v) is 6.37. The van der Waals surface area contributed by atoms with E-state index in [0.717, 1.165) is 16.7 Å². The Bertz CT molecular complexity index is 1850. The number of methoxy groups -OCH3 is 1. The molecule has 13 heteroatoms. The molecule has 1 fully saturated rings. The number of hydrogen-bond donors (Lipinski definition) is 4. The molecule has 11 nitrogen and oxygen atoms in total. The highest BCUT2D eigenvalue weighted by atomic mass is 35.5. The molecule has 46 heavy (non-hydrogen) atoms. The minimum Gasteiger partial charge on any atom is -0.481 e. The Balaban J connectivity index is 1.29. The molecular weight excluding hydrogens is 631 g/mol. The minimum absolute atomic E-state index is 0.0360. The number of ether oxygens (including phenoxy) is 1. The average molecular weight is 662 g/mol. The lowest BCUT2D eigenvalue weighted by Gasteiger charge is -2.23. The van der Waals surface area contributed by atoms with Gasteiger partial charge >= 0.3 is 6.09 Å². The summed E-state index contributed by atoms with van der Waals surface area (Å²) in [6.07, 6.45) is 1.55. The molecule has 2 aromatic carbocycles. The lowest BCUT2D eigenvalue weighted by atomic mass is 9.96. The Hall–Kier alpha value is -4.71. The number of nitrogens with zero attached hydrogens (tertiary/aromatic N) is 3. The van der Waals surface area contributed by atoms with Crippen molar-refractivity contribution in [1.82, 2.24) is 25.5 Å². The first-order chi connectivity index (χ1) is 22.2. The number of hydrogen-bond acceptors (Lipinski definition) is 7. The Morgan fingerprint density at radius 1 is 1.00 bits per heavy atom. The molecule has 0 radical (unpaired) electrons. The van der Waals surface area contributed by atoms with E-state index in [9.17, 15) is 19.5 Å². The van der Waals surface area contributed by atoms with Gasteiger partial charge in [0.1, 0.15) is 5.82 Å². The van der Waals surface area contributed by atoms with Crippen LogP contribution < -0.4 is 20.7 Å². The number of carbonyl (C=O) groups is 3. The van der Waals surface area contributed by atoms with Gasteiger partial charge in [0.25, 0.3) is 0 Å². The number of halogens is 2. The number of fused-ring (bicyclic) bond motifs is 1. The summed E-state index contributed by atoms with van der Waals surface area (Å²) >= 11 is 14.0. The Labute approximate surface area is 274 Å². The van der Waals surface area contributed by atoms with Crippen molar-refractivity contribution >= 4 is 46.9 Å². The van der Waals surface area contributed by atoms with Crippen LogP contribution in [-0.4, -0.2) is 64.1 Å². The van der Waals surface area contributed by atoms with Gasteiger partial charge < -0.3 is 30.7 Å². The number of aromatic nitrogens is 2. The Morgan fingerprint density at radius 2 is 1.72 bits per heavy atom. The van der Waals surface area contributed by atoms with Crippen molar-refractivity contribution in [2.45, 2.75) is 32.0 Å². The van der Waals surface area contributed by atoms with Crippen LogP contribution in [0.1, 0.15) is 24.0 Å². The number of amides is 3. The van der Waals surface area contributed by atoms with E-state index in [1.807, 2.05) is 42.5 Å². The van der Waals surface area contributed by atoms with Gasteiger partial charge in [0.05, 0.1) is 35.9 Å². The highest BCUT2D eigenvalue weighted by Crippen LogP contribution is 2.42. The van der Waals surface area contributed by atoms with E-state index < -0.39 is 6.09 Å². The largest absolute Gasteiger partial charge is 0.481 e.